The van der Waals surface area contributed by atoms with Crippen LogP contribution in [0.1, 0.15) is 29.8 Å². The molecule has 0 spiro atoms. The molecule has 1 atom stereocenters. The Morgan fingerprint density at radius 2 is 2.27 bits per heavy atom. The predicted octanol–water partition coefficient (Wildman–Crippen LogP) is 1.80. The van der Waals surface area contributed by atoms with Crippen LogP contribution in [0.25, 0.3) is 0 Å². The number of carbonyl (C=O) groups is 2. The summed E-state index contributed by atoms with van der Waals surface area (Å²) in [5.41, 5.74) is 2.70. The van der Waals surface area contributed by atoms with Crippen molar-refractivity contribution in [2.45, 2.75) is 26.3 Å². The monoisotopic (exact) mass is 203 g/mol. The quantitative estimate of drug-likeness (QED) is 0.652. The summed E-state index contributed by atoms with van der Waals surface area (Å²) in [6, 6.07) is 5.66. The van der Waals surface area contributed by atoms with Crippen molar-refractivity contribution < 1.29 is 9.59 Å². The molecule has 0 bridgehead atoms. The highest BCUT2D eigenvalue weighted by molar-refractivity contribution is 5.95. The van der Waals surface area contributed by atoms with Crippen molar-refractivity contribution in [3.63, 3.8) is 0 Å². The van der Waals surface area contributed by atoms with Gasteiger partial charge in [-0.3, -0.25) is 9.59 Å². The zero-order valence-electron chi connectivity index (χ0n) is 8.86. The lowest BCUT2D eigenvalue weighted by Crippen LogP contribution is -2.33. The van der Waals surface area contributed by atoms with Crippen molar-refractivity contribution >= 4 is 17.9 Å². The highest BCUT2D eigenvalue weighted by Crippen LogP contribution is 2.32. The van der Waals surface area contributed by atoms with Crippen LogP contribution in [0, 0.1) is 0 Å². The van der Waals surface area contributed by atoms with Crippen molar-refractivity contribution in [1.82, 2.24) is 0 Å². The Bertz CT molecular complexity index is 426. The van der Waals surface area contributed by atoms with Crippen LogP contribution < -0.4 is 4.90 Å². The molecule has 3 heteroatoms. The number of fused-ring (bicyclic) bond motifs is 1. The van der Waals surface area contributed by atoms with E-state index in [0.717, 1.165) is 24.0 Å². The van der Waals surface area contributed by atoms with Crippen molar-refractivity contribution in [3.05, 3.63) is 29.3 Å². The molecule has 0 aliphatic carbocycles. The van der Waals surface area contributed by atoms with Gasteiger partial charge in [0.05, 0.1) is 0 Å². The first kappa shape index (κ1) is 9.90. The summed E-state index contributed by atoms with van der Waals surface area (Å²) in [5.74, 6) is 0.0557. The van der Waals surface area contributed by atoms with Crippen LogP contribution in [0.3, 0.4) is 0 Å². The smallest absolute Gasteiger partial charge is 0.224 e. The van der Waals surface area contributed by atoms with Crippen LogP contribution in [0.2, 0.25) is 0 Å². The Hall–Kier alpha value is -1.64. The van der Waals surface area contributed by atoms with E-state index in [0.29, 0.717) is 5.56 Å². The second kappa shape index (κ2) is 3.50. The summed E-state index contributed by atoms with van der Waals surface area (Å²) in [6.07, 6.45) is 1.66. The van der Waals surface area contributed by atoms with Crippen LogP contribution >= 0.6 is 0 Å². The van der Waals surface area contributed by atoms with E-state index in [1.807, 2.05) is 19.1 Å². The van der Waals surface area contributed by atoms with Crippen LogP contribution in [0.4, 0.5) is 5.69 Å². The van der Waals surface area contributed by atoms with Gasteiger partial charge < -0.3 is 4.90 Å². The van der Waals surface area contributed by atoms with E-state index in [4.69, 9.17) is 0 Å². The zero-order valence-corrected chi connectivity index (χ0v) is 8.86. The topological polar surface area (TPSA) is 37.4 Å². The van der Waals surface area contributed by atoms with E-state index in [2.05, 4.69) is 0 Å². The molecule has 0 saturated heterocycles. The Labute approximate surface area is 88.7 Å². The second-order valence-corrected chi connectivity index (χ2v) is 3.95. The molecule has 0 saturated carbocycles. The first-order valence-corrected chi connectivity index (χ1v) is 5.01. The summed E-state index contributed by atoms with van der Waals surface area (Å²) in [7, 11) is 0. The van der Waals surface area contributed by atoms with Gasteiger partial charge in [0.15, 0.2) is 0 Å². The number of benzene rings is 1. The number of amides is 1. The van der Waals surface area contributed by atoms with E-state index < -0.39 is 0 Å². The number of hydrogen-bond donors (Lipinski definition) is 0. The molecule has 1 aliphatic rings. The first-order valence-electron chi connectivity index (χ1n) is 5.01. The number of anilines is 1. The van der Waals surface area contributed by atoms with Gasteiger partial charge in [-0.15, -0.1) is 0 Å². The van der Waals surface area contributed by atoms with Gasteiger partial charge in [-0.05, 0) is 37.1 Å². The fourth-order valence-corrected chi connectivity index (χ4v) is 2.20. The molecule has 1 amide bonds. The second-order valence-electron chi connectivity index (χ2n) is 3.95. The zero-order chi connectivity index (χ0) is 11.0. The van der Waals surface area contributed by atoms with Gasteiger partial charge in [-0.1, -0.05) is 0 Å². The lowest BCUT2D eigenvalue weighted by atomic mass is 10.1. The summed E-state index contributed by atoms with van der Waals surface area (Å²) in [6.45, 7) is 3.58. The van der Waals surface area contributed by atoms with Gasteiger partial charge in [0, 0.05) is 24.2 Å². The lowest BCUT2D eigenvalue weighted by Gasteiger charge is -2.20. The maximum atomic E-state index is 11.4. The van der Waals surface area contributed by atoms with Gasteiger partial charge in [-0.25, -0.2) is 0 Å². The standard InChI is InChI=1S/C12H13NO2/c1-8-5-11-6-10(7-14)3-4-12(11)13(8)9(2)15/h3-4,6-8H,5H2,1-2H3. The highest BCUT2D eigenvalue weighted by Gasteiger charge is 2.28. The Balaban J connectivity index is 2.47. The molecule has 2 rings (SSSR count). The third-order valence-electron chi connectivity index (χ3n) is 2.79. The molecule has 0 fully saturated rings. The van der Waals surface area contributed by atoms with Gasteiger partial charge in [-0.2, -0.15) is 0 Å². The SMILES string of the molecule is CC(=O)N1c2ccc(C=O)cc2CC1C. The van der Waals surface area contributed by atoms with Gasteiger partial charge >= 0.3 is 0 Å². The maximum Gasteiger partial charge on any atom is 0.224 e. The molecule has 3 nitrogen and oxygen atoms in total. The fourth-order valence-electron chi connectivity index (χ4n) is 2.20. The summed E-state index contributed by atoms with van der Waals surface area (Å²) < 4.78 is 0. The number of carbonyl (C=O) groups excluding carboxylic acids is 2. The number of hydrogen-bond acceptors (Lipinski definition) is 2. The number of aldehydes is 1. The normalized spacial score (nSPS) is 18.8. The van der Waals surface area contributed by atoms with Crippen molar-refractivity contribution in [2.75, 3.05) is 4.90 Å². The van der Waals surface area contributed by atoms with Crippen molar-refractivity contribution in [3.8, 4) is 0 Å². The van der Waals surface area contributed by atoms with Gasteiger partial charge in [0.25, 0.3) is 0 Å². The van der Waals surface area contributed by atoms with E-state index in [9.17, 15) is 9.59 Å². The minimum Gasteiger partial charge on any atom is -0.309 e. The van der Waals surface area contributed by atoms with Gasteiger partial charge in [0.1, 0.15) is 6.29 Å². The van der Waals surface area contributed by atoms with Crippen molar-refractivity contribution in [2.24, 2.45) is 0 Å². The number of nitrogens with zero attached hydrogens (tertiary/aromatic N) is 1. The van der Waals surface area contributed by atoms with E-state index in [-0.39, 0.29) is 11.9 Å². The minimum atomic E-state index is 0.0557. The minimum absolute atomic E-state index is 0.0557. The molecular weight excluding hydrogens is 190 g/mol. The third-order valence-corrected chi connectivity index (χ3v) is 2.79. The molecule has 78 valence electrons. The molecule has 1 unspecified atom stereocenters. The predicted molar refractivity (Wildman–Crippen MR) is 58.2 cm³/mol. The molecule has 1 heterocycles. The summed E-state index contributed by atoms with van der Waals surface area (Å²) >= 11 is 0. The summed E-state index contributed by atoms with van der Waals surface area (Å²) in [5, 5.41) is 0. The van der Waals surface area contributed by atoms with Crippen LogP contribution in [0.15, 0.2) is 18.2 Å². The number of rotatable bonds is 1. The Kier molecular flexibility index (Phi) is 2.31. The largest absolute Gasteiger partial charge is 0.309 e. The lowest BCUT2D eigenvalue weighted by molar-refractivity contribution is -0.116. The molecule has 15 heavy (non-hydrogen) atoms. The molecule has 1 aliphatic heterocycles. The fraction of sp³-hybridized carbons (Fsp3) is 0.333. The molecule has 0 N–H and O–H groups in total. The first-order chi connectivity index (χ1) is 7.13. The van der Waals surface area contributed by atoms with Gasteiger partial charge in [0.2, 0.25) is 5.91 Å². The molecule has 1 aromatic rings. The molecule has 1 aromatic carbocycles. The molecule has 0 radical (unpaired) electrons. The van der Waals surface area contributed by atoms with E-state index >= 15 is 0 Å². The van der Waals surface area contributed by atoms with Crippen LogP contribution in [-0.4, -0.2) is 18.2 Å². The van der Waals surface area contributed by atoms with Crippen molar-refractivity contribution in [1.29, 1.82) is 0 Å². The Morgan fingerprint density at radius 3 is 2.87 bits per heavy atom. The third kappa shape index (κ3) is 1.54. The average molecular weight is 203 g/mol. The average Bonchev–Trinajstić information content (AvgIpc) is 2.52. The molecular formula is C12H13NO2. The Morgan fingerprint density at radius 1 is 1.53 bits per heavy atom. The van der Waals surface area contributed by atoms with Crippen LogP contribution in [-0.2, 0) is 11.2 Å². The molecule has 0 aromatic heterocycles. The van der Waals surface area contributed by atoms with E-state index in [1.165, 1.54) is 0 Å². The van der Waals surface area contributed by atoms with Crippen LogP contribution in [0.5, 0.6) is 0 Å². The summed E-state index contributed by atoms with van der Waals surface area (Å²) in [4.78, 5) is 23.8. The van der Waals surface area contributed by atoms with E-state index in [1.54, 1.807) is 17.9 Å². The maximum absolute atomic E-state index is 11.4. The highest BCUT2D eigenvalue weighted by atomic mass is 16.2.